The first-order chi connectivity index (χ1) is 20.2. The van der Waals surface area contributed by atoms with Crippen LogP contribution in [0.5, 0.6) is 0 Å². The van der Waals surface area contributed by atoms with Gasteiger partial charge in [-0.3, -0.25) is 4.79 Å². The molecule has 2 aromatic carbocycles. The largest absolute Gasteiger partial charge is 0.369 e. The van der Waals surface area contributed by atoms with Gasteiger partial charge >= 0.3 is 0 Å². The lowest BCUT2D eigenvalue weighted by atomic mass is 9.75. The number of sulfone groups is 1. The fourth-order valence-corrected chi connectivity index (χ4v) is 7.28. The van der Waals surface area contributed by atoms with Crippen molar-refractivity contribution in [2.45, 2.75) is 50.0 Å². The van der Waals surface area contributed by atoms with Gasteiger partial charge in [0.15, 0.2) is 9.84 Å². The Morgan fingerprint density at radius 3 is 2.40 bits per heavy atom. The van der Waals surface area contributed by atoms with Gasteiger partial charge in [-0.25, -0.2) is 17.5 Å². The molecule has 2 heterocycles. The van der Waals surface area contributed by atoms with Crippen molar-refractivity contribution < 1.29 is 17.6 Å². The second kappa shape index (κ2) is 10.9. The number of hydrogen-bond donors (Lipinski definition) is 1. The average molecular weight is 587 g/mol. The molecule has 11 heteroatoms. The van der Waals surface area contributed by atoms with Crippen LogP contribution in [-0.4, -0.2) is 54.2 Å². The van der Waals surface area contributed by atoms with Crippen molar-refractivity contribution in [2.75, 3.05) is 29.5 Å². The van der Waals surface area contributed by atoms with Gasteiger partial charge in [-0.15, -0.1) is 0 Å². The molecule has 3 aromatic rings. The van der Waals surface area contributed by atoms with E-state index in [0.717, 1.165) is 36.1 Å². The fourth-order valence-electron chi connectivity index (χ4n) is 6.08. The minimum Gasteiger partial charge on any atom is -0.369 e. The van der Waals surface area contributed by atoms with Gasteiger partial charge in [-0.2, -0.15) is 15.6 Å². The number of anilines is 1. The average Bonchev–Trinajstić information content (AvgIpc) is 3.64. The van der Waals surface area contributed by atoms with E-state index in [2.05, 4.69) is 11.4 Å². The summed E-state index contributed by atoms with van der Waals surface area (Å²) in [5.41, 5.74) is 2.87. The third-order valence-corrected chi connectivity index (χ3v) is 10.3. The summed E-state index contributed by atoms with van der Waals surface area (Å²) in [5.74, 6) is -1.06. The van der Waals surface area contributed by atoms with Gasteiger partial charge in [0.25, 0.3) is 0 Å². The van der Waals surface area contributed by atoms with E-state index in [1.807, 2.05) is 35.2 Å². The lowest BCUT2D eigenvalue weighted by molar-refractivity contribution is -0.127. The number of amides is 1. The highest BCUT2D eigenvalue weighted by molar-refractivity contribution is 7.91. The minimum atomic E-state index is -3.00. The van der Waals surface area contributed by atoms with Gasteiger partial charge in [0.2, 0.25) is 5.91 Å². The van der Waals surface area contributed by atoms with E-state index in [1.165, 1.54) is 16.8 Å². The summed E-state index contributed by atoms with van der Waals surface area (Å²) in [5, 5.41) is 26.6. The van der Waals surface area contributed by atoms with E-state index in [-0.39, 0.29) is 40.5 Å². The molecule has 42 heavy (non-hydrogen) atoms. The summed E-state index contributed by atoms with van der Waals surface area (Å²) >= 11 is 0. The standard InChI is InChI=1S/C31H31FN6O3S/c32-27-17-21(18-33)5-10-28(27)38-19-26(22-6-8-23(9-7-22)37-13-15-42(40,41)16-14-37)29(36-38)24-3-1-2-4-25(24)30(39)35-31(20-34)11-12-31/h5-10,17,19,24-25H,1-4,11-16H2,(H,35,39)/t24-,25-/m1/s1. The first kappa shape index (κ1) is 27.9. The molecule has 0 radical (unpaired) electrons. The summed E-state index contributed by atoms with van der Waals surface area (Å²) in [7, 11) is -3.00. The van der Waals surface area contributed by atoms with E-state index in [9.17, 15) is 23.7 Å². The third-order valence-electron chi connectivity index (χ3n) is 8.73. The SMILES string of the molecule is N#Cc1ccc(-n2cc(-c3ccc(N4CCS(=O)(=O)CC4)cc3)c([C@@H]3CCCC[C@H]3C(=O)NC3(C#N)CC3)n2)c(F)c1. The molecule has 0 bridgehead atoms. The Kier molecular flexibility index (Phi) is 7.24. The molecule has 1 aliphatic heterocycles. The number of nitrogens with one attached hydrogen (secondary N) is 1. The molecule has 0 spiro atoms. The highest BCUT2D eigenvalue weighted by atomic mass is 32.2. The van der Waals surface area contributed by atoms with Gasteiger partial charge in [0.1, 0.15) is 17.0 Å². The predicted molar refractivity (Wildman–Crippen MR) is 155 cm³/mol. The summed E-state index contributed by atoms with van der Waals surface area (Å²) in [6.45, 7) is 0.873. The lowest BCUT2D eigenvalue weighted by Crippen LogP contribution is -2.42. The molecule has 0 unspecified atom stereocenters. The molecule has 3 aliphatic rings. The van der Waals surface area contributed by atoms with Crippen molar-refractivity contribution in [1.29, 1.82) is 10.5 Å². The second-order valence-corrected chi connectivity index (χ2v) is 13.8. The number of aromatic nitrogens is 2. The van der Waals surface area contributed by atoms with Crippen molar-refractivity contribution in [3.63, 3.8) is 0 Å². The molecule has 1 amide bonds. The quantitative estimate of drug-likeness (QED) is 0.457. The van der Waals surface area contributed by atoms with Crippen LogP contribution in [0.2, 0.25) is 0 Å². The number of rotatable bonds is 6. The molecule has 2 atom stereocenters. The molecule has 2 saturated carbocycles. The monoisotopic (exact) mass is 586 g/mol. The number of hydrogen-bond acceptors (Lipinski definition) is 7. The van der Waals surface area contributed by atoms with Crippen molar-refractivity contribution in [1.82, 2.24) is 15.1 Å². The molecule has 1 aromatic heterocycles. The van der Waals surface area contributed by atoms with Gasteiger partial charge in [0, 0.05) is 42.4 Å². The molecule has 9 nitrogen and oxygen atoms in total. The zero-order valence-electron chi connectivity index (χ0n) is 23.1. The van der Waals surface area contributed by atoms with Crippen molar-refractivity contribution >= 4 is 21.4 Å². The minimum absolute atomic E-state index is 0.125. The van der Waals surface area contributed by atoms with Crippen molar-refractivity contribution in [3.05, 3.63) is 65.7 Å². The van der Waals surface area contributed by atoms with Crippen LogP contribution >= 0.6 is 0 Å². The Labute approximate surface area is 244 Å². The van der Waals surface area contributed by atoms with Crippen LogP contribution < -0.4 is 10.2 Å². The first-order valence-electron chi connectivity index (χ1n) is 14.3. The molecular formula is C31H31FN6O3S. The van der Waals surface area contributed by atoms with E-state index in [0.29, 0.717) is 38.0 Å². The van der Waals surface area contributed by atoms with Crippen LogP contribution in [0.1, 0.15) is 55.7 Å². The smallest absolute Gasteiger partial charge is 0.225 e. The summed E-state index contributed by atoms with van der Waals surface area (Å²) in [6, 6.07) is 16.2. The summed E-state index contributed by atoms with van der Waals surface area (Å²) in [6.07, 6.45) is 6.30. The summed E-state index contributed by atoms with van der Waals surface area (Å²) < 4.78 is 40.3. The zero-order valence-corrected chi connectivity index (χ0v) is 23.9. The highest BCUT2D eigenvalue weighted by Crippen LogP contribution is 2.43. The van der Waals surface area contributed by atoms with Gasteiger partial charge < -0.3 is 10.2 Å². The number of halogens is 1. The Morgan fingerprint density at radius 2 is 1.76 bits per heavy atom. The van der Waals surface area contributed by atoms with Crippen LogP contribution in [0, 0.1) is 34.4 Å². The Hall–Kier alpha value is -4.22. The Bertz CT molecular complexity index is 1700. The van der Waals surface area contributed by atoms with Gasteiger partial charge in [0.05, 0.1) is 34.9 Å². The summed E-state index contributed by atoms with van der Waals surface area (Å²) in [4.78, 5) is 15.5. The second-order valence-electron chi connectivity index (χ2n) is 11.5. The van der Waals surface area contributed by atoms with Crippen LogP contribution in [-0.2, 0) is 14.6 Å². The maximum Gasteiger partial charge on any atom is 0.225 e. The van der Waals surface area contributed by atoms with Crippen LogP contribution in [0.3, 0.4) is 0 Å². The molecule has 3 fully saturated rings. The maximum atomic E-state index is 15.1. The Morgan fingerprint density at radius 1 is 1.05 bits per heavy atom. The van der Waals surface area contributed by atoms with Crippen LogP contribution in [0.25, 0.3) is 16.8 Å². The molecule has 6 rings (SSSR count). The number of nitriles is 2. The molecule has 1 N–H and O–H groups in total. The number of carbonyl (C=O) groups is 1. The number of nitrogens with zero attached hydrogens (tertiary/aromatic N) is 5. The van der Waals surface area contributed by atoms with E-state index in [4.69, 9.17) is 5.10 Å². The predicted octanol–water partition coefficient (Wildman–Crippen LogP) is 4.23. The Balaban J connectivity index is 1.37. The normalized spacial score (nSPS) is 22.5. The molecule has 1 saturated heterocycles. The number of benzene rings is 2. The lowest BCUT2D eigenvalue weighted by Gasteiger charge is -2.31. The third kappa shape index (κ3) is 5.49. The zero-order chi connectivity index (χ0) is 29.5. The fraction of sp³-hybridized carbons (Fsp3) is 0.419. The van der Waals surface area contributed by atoms with E-state index in [1.54, 1.807) is 12.3 Å². The van der Waals surface area contributed by atoms with Crippen molar-refractivity contribution in [2.24, 2.45) is 5.92 Å². The van der Waals surface area contributed by atoms with E-state index < -0.39 is 21.2 Å². The van der Waals surface area contributed by atoms with Gasteiger partial charge in [-0.1, -0.05) is 25.0 Å². The van der Waals surface area contributed by atoms with Crippen LogP contribution in [0.15, 0.2) is 48.7 Å². The van der Waals surface area contributed by atoms with E-state index >= 15 is 4.39 Å². The molecule has 2 aliphatic carbocycles. The number of carbonyl (C=O) groups excluding carboxylic acids is 1. The highest BCUT2D eigenvalue weighted by Gasteiger charge is 2.47. The molecule has 216 valence electrons. The van der Waals surface area contributed by atoms with Crippen LogP contribution in [0.4, 0.5) is 10.1 Å². The first-order valence-corrected chi connectivity index (χ1v) is 16.1. The van der Waals surface area contributed by atoms with Gasteiger partial charge in [-0.05, 0) is 61.6 Å². The topological polar surface area (TPSA) is 132 Å². The molecular weight excluding hydrogens is 555 g/mol. The van der Waals surface area contributed by atoms with Crippen molar-refractivity contribution in [3.8, 4) is 29.0 Å². The maximum absolute atomic E-state index is 15.1.